The maximum absolute atomic E-state index is 5.82. The zero-order chi connectivity index (χ0) is 24.5. The SMILES string of the molecule is CCOc1c(Br)cc([C@H]2NC[C@H](c3cccc(OC)c3OC)c3c2[nH]c2ccccc32)cc1OC. The van der Waals surface area contributed by atoms with Crippen molar-refractivity contribution < 1.29 is 18.9 Å². The van der Waals surface area contributed by atoms with E-state index in [1.165, 1.54) is 10.9 Å². The van der Waals surface area contributed by atoms with Gasteiger partial charge in [-0.05, 0) is 58.2 Å². The molecule has 7 heteroatoms. The molecule has 0 fully saturated rings. The third-order valence-electron chi connectivity index (χ3n) is 6.62. The second kappa shape index (κ2) is 9.84. The van der Waals surface area contributed by atoms with E-state index in [0.29, 0.717) is 18.1 Å². The number of benzene rings is 3. The molecule has 1 aromatic heterocycles. The predicted molar refractivity (Wildman–Crippen MR) is 141 cm³/mol. The zero-order valence-corrected chi connectivity index (χ0v) is 21.9. The van der Waals surface area contributed by atoms with Crippen LogP contribution in [0.3, 0.4) is 0 Å². The Bertz CT molecular complexity index is 1370. The Kier molecular flexibility index (Phi) is 6.62. The van der Waals surface area contributed by atoms with Crippen LogP contribution in [0.15, 0.2) is 59.1 Å². The number of ether oxygens (including phenoxy) is 4. The van der Waals surface area contributed by atoms with Crippen molar-refractivity contribution in [2.24, 2.45) is 0 Å². The maximum Gasteiger partial charge on any atom is 0.175 e. The van der Waals surface area contributed by atoms with Crippen molar-refractivity contribution in [1.29, 1.82) is 0 Å². The number of methoxy groups -OCH3 is 3. The smallest absolute Gasteiger partial charge is 0.175 e. The molecule has 0 unspecified atom stereocenters. The molecule has 2 atom stereocenters. The van der Waals surface area contributed by atoms with Gasteiger partial charge >= 0.3 is 0 Å². The number of nitrogens with one attached hydrogen (secondary N) is 2. The molecule has 0 aliphatic carbocycles. The molecule has 1 aliphatic rings. The number of hydrogen-bond donors (Lipinski definition) is 2. The van der Waals surface area contributed by atoms with E-state index in [9.17, 15) is 0 Å². The minimum Gasteiger partial charge on any atom is -0.493 e. The first-order valence-corrected chi connectivity index (χ1v) is 12.5. The highest BCUT2D eigenvalue weighted by Gasteiger charge is 2.35. The number of fused-ring (bicyclic) bond motifs is 3. The standard InChI is InChI=1S/C28H29BrN2O4/c1-5-35-28-20(29)13-16(14-23(28)33-3)25-26-24(18-9-6-7-11-21(18)31-26)19(15-30-25)17-10-8-12-22(32-2)27(17)34-4/h6-14,19,25,30-31H,5,15H2,1-4H3/t19-,25-/m1/s1. The summed E-state index contributed by atoms with van der Waals surface area (Å²) < 4.78 is 23.8. The van der Waals surface area contributed by atoms with Crippen molar-refractivity contribution in [3.05, 3.63) is 81.5 Å². The van der Waals surface area contributed by atoms with Crippen LogP contribution in [0.2, 0.25) is 0 Å². The molecule has 4 aromatic rings. The molecule has 0 saturated carbocycles. The molecular weight excluding hydrogens is 508 g/mol. The number of H-pyrrole nitrogens is 1. The van der Waals surface area contributed by atoms with E-state index in [2.05, 4.69) is 68.7 Å². The lowest BCUT2D eigenvalue weighted by molar-refractivity contribution is 0.308. The van der Waals surface area contributed by atoms with Crippen LogP contribution in [-0.4, -0.2) is 39.5 Å². The van der Waals surface area contributed by atoms with Crippen LogP contribution in [0, 0.1) is 0 Å². The topological polar surface area (TPSA) is 64.7 Å². The summed E-state index contributed by atoms with van der Waals surface area (Å²) >= 11 is 3.69. The molecule has 0 amide bonds. The van der Waals surface area contributed by atoms with E-state index < -0.39 is 0 Å². The molecule has 0 radical (unpaired) electrons. The number of aromatic nitrogens is 1. The summed E-state index contributed by atoms with van der Waals surface area (Å²) in [5.41, 5.74) is 5.68. The van der Waals surface area contributed by atoms with Crippen molar-refractivity contribution in [2.45, 2.75) is 18.9 Å². The van der Waals surface area contributed by atoms with Crippen molar-refractivity contribution in [3.63, 3.8) is 0 Å². The van der Waals surface area contributed by atoms with Gasteiger partial charge in [-0.2, -0.15) is 0 Å². The van der Waals surface area contributed by atoms with Crippen LogP contribution in [0.25, 0.3) is 10.9 Å². The first-order chi connectivity index (χ1) is 17.1. The Morgan fingerprint density at radius 3 is 2.46 bits per heavy atom. The Balaban J connectivity index is 1.69. The summed E-state index contributed by atoms with van der Waals surface area (Å²) in [5.74, 6) is 2.99. The Morgan fingerprint density at radius 1 is 0.914 bits per heavy atom. The monoisotopic (exact) mass is 536 g/mol. The lowest BCUT2D eigenvalue weighted by Crippen LogP contribution is -2.34. The third kappa shape index (κ3) is 4.02. The first-order valence-electron chi connectivity index (χ1n) is 11.7. The summed E-state index contributed by atoms with van der Waals surface area (Å²) in [5, 5.41) is 4.98. The van der Waals surface area contributed by atoms with Crippen LogP contribution >= 0.6 is 15.9 Å². The molecule has 0 spiro atoms. The van der Waals surface area contributed by atoms with E-state index >= 15 is 0 Å². The molecule has 2 N–H and O–H groups in total. The van der Waals surface area contributed by atoms with Crippen molar-refractivity contribution in [1.82, 2.24) is 10.3 Å². The number of aromatic amines is 1. The van der Waals surface area contributed by atoms with Crippen molar-refractivity contribution in [2.75, 3.05) is 34.5 Å². The Morgan fingerprint density at radius 2 is 1.71 bits per heavy atom. The Hall–Kier alpha value is -3.16. The normalized spacial score (nSPS) is 17.2. The molecule has 35 heavy (non-hydrogen) atoms. The van der Waals surface area contributed by atoms with Crippen molar-refractivity contribution in [3.8, 4) is 23.0 Å². The van der Waals surface area contributed by atoms with Crippen LogP contribution < -0.4 is 24.3 Å². The van der Waals surface area contributed by atoms with Gasteiger partial charge in [-0.25, -0.2) is 0 Å². The number of rotatable bonds is 7. The predicted octanol–water partition coefficient (Wildman–Crippen LogP) is 6.18. The highest BCUT2D eigenvalue weighted by Crippen LogP contribution is 2.47. The largest absolute Gasteiger partial charge is 0.493 e. The minimum atomic E-state index is -0.0499. The molecule has 0 bridgehead atoms. The second-order valence-electron chi connectivity index (χ2n) is 8.44. The fourth-order valence-corrected chi connectivity index (χ4v) is 5.73. The van der Waals surface area contributed by atoms with E-state index in [1.54, 1.807) is 21.3 Å². The fourth-order valence-electron chi connectivity index (χ4n) is 5.15. The summed E-state index contributed by atoms with van der Waals surface area (Å²) in [6.07, 6.45) is 0. The van der Waals surface area contributed by atoms with E-state index in [0.717, 1.165) is 44.9 Å². The van der Waals surface area contributed by atoms with E-state index in [-0.39, 0.29) is 12.0 Å². The summed E-state index contributed by atoms with van der Waals surface area (Å²) in [6, 6.07) is 18.6. The number of hydrogen-bond acceptors (Lipinski definition) is 5. The van der Waals surface area contributed by atoms with E-state index in [1.807, 2.05) is 19.1 Å². The van der Waals surface area contributed by atoms with Crippen LogP contribution in [-0.2, 0) is 0 Å². The third-order valence-corrected chi connectivity index (χ3v) is 7.21. The van der Waals surface area contributed by atoms with Gasteiger partial charge < -0.3 is 29.2 Å². The zero-order valence-electron chi connectivity index (χ0n) is 20.3. The van der Waals surface area contributed by atoms with Crippen LogP contribution in [0.1, 0.15) is 41.3 Å². The minimum absolute atomic E-state index is 0.0499. The average Bonchev–Trinajstić information content (AvgIpc) is 3.28. The van der Waals surface area contributed by atoms with E-state index in [4.69, 9.17) is 18.9 Å². The maximum atomic E-state index is 5.82. The fraction of sp³-hybridized carbons (Fsp3) is 0.286. The summed E-state index contributed by atoms with van der Waals surface area (Å²) in [6.45, 7) is 3.26. The average molecular weight is 537 g/mol. The lowest BCUT2D eigenvalue weighted by atomic mass is 9.82. The molecule has 1 aliphatic heterocycles. The number of halogens is 1. The van der Waals surface area contributed by atoms with Gasteiger partial charge in [-0.15, -0.1) is 0 Å². The second-order valence-corrected chi connectivity index (χ2v) is 9.30. The highest BCUT2D eigenvalue weighted by molar-refractivity contribution is 9.10. The van der Waals surface area contributed by atoms with Gasteiger partial charge in [0.1, 0.15) is 0 Å². The number of para-hydroxylation sites is 2. The van der Waals surface area contributed by atoms with Gasteiger partial charge in [-0.1, -0.05) is 30.3 Å². The molecular formula is C28H29BrN2O4. The summed E-state index contributed by atoms with van der Waals surface area (Å²) in [7, 11) is 5.03. The summed E-state index contributed by atoms with van der Waals surface area (Å²) in [4.78, 5) is 3.71. The van der Waals surface area contributed by atoms with Gasteiger partial charge in [-0.3, -0.25) is 0 Å². The Labute approximate surface area is 213 Å². The van der Waals surface area contributed by atoms with Crippen molar-refractivity contribution >= 4 is 26.8 Å². The highest BCUT2D eigenvalue weighted by atomic mass is 79.9. The molecule has 3 aromatic carbocycles. The molecule has 5 rings (SSSR count). The van der Waals surface area contributed by atoms with Gasteiger partial charge in [0.2, 0.25) is 0 Å². The molecule has 182 valence electrons. The molecule has 0 saturated heterocycles. The molecule has 2 heterocycles. The molecule has 6 nitrogen and oxygen atoms in total. The van der Waals surface area contributed by atoms with Gasteiger partial charge in [0.05, 0.1) is 38.5 Å². The van der Waals surface area contributed by atoms with Crippen LogP contribution in [0.4, 0.5) is 0 Å². The quantitative estimate of drug-likeness (QED) is 0.295. The van der Waals surface area contributed by atoms with Gasteiger partial charge in [0.15, 0.2) is 23.0 Å². The van der Waals surface area contributed by atoms with Crippen LogP contribution in [0.5, 0.6) is 23.0 Å². The van der Waals surface area contributed by atoms with Gasteiger partial charge in [0, 0.05) is 34.6 Å². The first kappa shape index (κ1) is 23.6. The lowest BCUT2D eigenvalue weighted by Gasteiger charge is -2.32. The van der Waals surface area contributed by atoms with Gasteiger partial charge in [0.25, 0.3) is 0 Å².